The van der Waals surface area contributed by atoms with Gasteiger partial charge in [-0.1, -0.05) is 89.9 Å². The number of Topliss-reactive ketones (excluding diaryl/α,β-unsaturated/α-hetero) is 1. The van der Waals surface area contributed by atoms with E-state index in [1.54, 1.807) is 20.8 Å². The van der Waals surface area contributed by atoms with Crippen molar-refractivity contribution >= 4 is 23.5 Å². The molecule has 0 saturated heterocycles. The number of H-pyrrole nitrogens is 1. The number of carbonyl (C=O) groups excluding carboxylic acids is 2. The zero-order chi connectivity index (χ0) is 28.7. The fourth-order valence-corrected chi connectivity index (χ4v) is 5.60. The number of rotatable bonds is 13. The van der Waals surface area contributed by atoms with Gasteiger partial charge in [-0.15, -0.1) is 10.2 Å². The van der Waals surface area contributed by atoms with Crippen LogP contribution in [-0.2, 0) is 16.7 Å². The Balaban J connectivity index is 1.85. The third-order valence-corrected chi connectivity index (χ3v) is 8.02. The zero-order valence-electron chi connectivity index (χ0n) is 24.8. The Hall–Kier alpha value is -2.87. The van der Waals surface area contributed by atoms with Crippen LogP contribution in [0.2, 0.25) is 0 Å². The van der Waals surface area contributed by atoms with E-state index in [-0.39, 0.29) is 23.6 Å². The second-order valence-corrected chi connectivity index (χ2v) is 12.3. The molecule has 1 atom stereocenters. The zero-order valence-corrected chi connectivity index (χ0v) is 25.6. The van der Waals surface area contributed by atoms with Crippen molar-refractivity contribution in [2.45, 2.75) is 98.2 Å². The van der Waals surface area contributed by atoms with Crippen LogP contribution < -0.4 is 0 Å². The molecule has 1 aromatic carbocycles. The second kappa shape index (κ2) is 13.5. The monoisotopic (exact) mass is 552 g/mol. The van der Waals surface area contributed by atoms with Crippen LogP contribution in [0.1, 0.15) is 105 Å². The maximum Gasteiger partial charge on any atom is 0.340 e. The number of benzene rings is 1. The standard InChI is InChI=1S/C31H44N4O3S/c1-9-11-12-13-20(3)18-35-28(23-14-16-24(17-15-23)31(6,7)8)33-34-30(35)39-19-25(36)27-21(4)26(22(5)32-27)29(37)38-10-2/h14-17,20,32H,9-13,18-19H2,1-8H3/t20-/m0/s1. The van der Waals surface area contributed by atoms with E-state index in [2.05, 4.69) is 78.6 Å². The van der Waals surface area contributed by atoms with Gasteiger partial charge in [-0.05, 0) is 49.7 Å². The lowest BCUT2D eigenvalue weighted by Gasteiger charge is -2.19. The van der Waals surface area contributed by atoms with Crippen molar-refractivity contribution in [3.63, 3.8) is 0 Å². The number of ether oxygens (including phenoxy) is 1. The molecule has 0 bridgehead atoms. The highest BCUT2D eigenvalue weighted by atomic mass is 32.2. The van der Waals surface area contributed by atoms with E-state index in [1.807, 2.05) is 0 Å². The molecule has 0 fully saturated rings. The van der Waals surface area contributed by atoms with Crippen LogP contribution in [0.4, 0.5) is 0 Å². The molecular weight excluding hydrogens is 508 g/mol. The summed E-state index contributed by atoms with van der Waals surface area (Å²) in [5.41, 5.74) is 4.51. The van der Waals surface area contributed by atoms with Gasteiger partial charge in [-0.25, -0.2) is 4.79 Å². The average molecular weight is 553 g/mol. The number of esters is 1. The summed E-state index contributed by atoms with van der Waals surface area (Å²) in [6.45, 7) is 17.5. The molecule has 0 amide bonds. The first-order valence-corrected chi connectivity index (χ1v) is 15.0. The summed E-state index contributed by atoms with van der Waals surface area (Å²) in [7, 11) is 0. The first-order chi connectivity index (χ1) is 18.5. The summed E-state index contributed by atoms with van der Waals surface area (Å²) in [6, 6.07) is 8.55. The third kappa shape index (κ3) is 7.62. The summed E-state index contributed by atoms with van der Waals surface area (Å²) in [4.78, 5) is 28.7. The molecule has 7 nitrogen and oxygen atoms in total. The van der Waals surface area contributed by atoms with E-state index in [9.17, 15) is 9.59 Å². The van der Waals surface area contributed by atoms with Crippen LogP contribution in [-0.4, -0.2) is 43.9 Å². The Morgan fingerprint density at radius 2 is 1.77 bits per heavy atom. The summed E-state index contributed by atoms with van der Waals surface area (Å²) in [5, 5.41) is 9.81. The number of hydrogen-bond acceptors (Lipinski definition) is 6. The molecule has 3 aromatic rings. The van der Waals surface area contributed by atoms with Crippen LogP contribution in [0.15, 0.2) is 29.4 Å². The number of ketones is 1. The minimum absolute atomic E-state index is 0.0722. The fourth-order valence-electron chi connectivity index (χ4n) is 4.78. The van der Waals surface area contributed by atoms with E-state index < -0.39 is 5.97 Å². The Bertz CT molecular complexity index is 1270. The quantitative estimate of drug-likeness (QED) is 0.102. The van der Waals surface area contributed by atoms with Crippen molar-refractivity contribution in [3.05, 3.63) is 52.3 Å². The highest BCUT2D eigenvalue weighted by Gasteiger charge is 2.24. The summed E-state index contributed by atoms with van der Waals surface area (Å²) < 4.78 is 7.34. The molecule has 0 radical (unpaired) electrons. The Morgan fingerprint density at radius 3 is 2.38 bits per heavy atom. The largest absolute Gasteiger partial charge is 0.462 e. The molecule has 0 unspecified atom stereocenters. The number of thioether (sulfide) groups is 1. The molecular formula is C31H44N4O3S. The predicted molar refractivity (Wildman–Crippen MR) is 159 cm³/mol. The highest BCUT2D eigenvalue weighted by Crippen LogP contribution is 2.30. The van der Waals surface area contributed by atoms with Crippen molar-refractivity contribution in [1.29, 1.82) is 0 Å². The van der Waals surface area contributed by atoms with Gasteiger partial charge in [0.25, 0.3) is 0 Å². The molecule has 0 saturated carbocycles. The Kier molecular flexibility index (Phi) is 10.6. The molecule has 0 aliphatic rings. The van der Waals surface area contributed by atoms with Gasteiger partial charge < -0.3 is 14.3 Å². The van der Waals surface area contributed by atoms with Gasteiger partial charge in [0.05, 0.1) is 23.6 Å². The molecule has 2 heterocycles. The SMILES string of the molecule is CCCCC[C@H](C)Cn1c(SCC(=O)c2[nH]c(C)c(C(=O)OCC)c2C)nnc1-c1ccc(C(C)(C)C)cc1. The van der Waals surface area contributed by atoms with E-state index >= 15 is 0 Å². The Morgan fingerprint density at radius 1 is 1.08 bits per heavy atom. The van der Waals surface area contributed by atoms with Crippen LogP contribution in [0.3, 0.4) is 0 Å². The molecule has 3 rings (SSSR count). The molecule has 39 heavy (non-hydrogen) atoms. The number of unbranched alkanes of at least 4 members (excludes halogenated alkanes) is 2. The number of hydrogen-bond donors (Lipinski definition) is 1. The van der Waals surface area contributed by atoms with Gasteiger partial charge in [0.1, 0.15) is 0 Å². The highest BCUT2D eigenvalue weighted by molar-refractivity contribution is 7.99. The van der Waals surface area contributed by atoms with Gasteiger partial charge in [0.15, 0.2) is 16.8 Å². The van der Waals surface area contributed by atoms with E-state index in [4.69, 9.17) is 4.74 Å². The van der Waals surface area contributed by atoms with Gasteiger partial charge >= 0.3 is 5.97 Å². The lowest BCUT2D eigenvalue weighted by molar-refractivity contribution is 0.0525. The fraction of sp³-hybridized carbons (Fsp3) is 0.548. The number of nitrogens with zero attached hydrogens (tertiary/aromatic N) is 3. The molecule has 212 valence electrons. The lowest BCUT2D eigenvalue weighted by atomic mass is 9.86. The summed E-state index contributed by atoms with van der Waals surface area (Å²) in [5.74, 6) is 0.973. The molecule has 0 aliphatic heterocycles. The average Bonchev–Trinajstić information content (AvgIpc) is 3.41. The van der Waals surface area contributed by atoms with Gasteiger partial charge in [0, 0.05) is 17.8 Å². The predicted octanol–water partition coefficient (Wildman–Crippen LogP) is 7.56. The van der Waals surface area contributed by atoms with Gasteiger partial charge in [-0.2, -0.15) is 0 Å². The number of aryl methyl sites for hydroxylation is 1. The smallest absolute Gasteiger partial charge is 0.340 e. The van der Waals surface area contributed by atoms with Crippen molar-refractivity contribution in [2.75, 3.05) is 12.4 Å². The second-order valence-electron chi connectivity index (χ2n) is 11.4. The van der Waals surface area contributed by atoms with E-state index in [1.165, 1.54) is 36.6 Å². The minimum Gasteiger partial charge on any atom is -0.462 e. The maximum absolute atomic E-state index is 13.2. The van der Waals surface area contributed by atoms with Crippen molar-refractivity contribution in [2.24, 2.45) is 5.92 Å². The van der Waals surface area contributed by atoms with Crippen LogP contribution in [0.5, 0.6) is 0 Å². The number of aromatic nitrogens is 4. The number of nitrogens with one attached hydrogen (secondary N) is 1. The lowest BCUT2D eigenvalue weighted by Crippen LogP contribution is -2.13. The van der Waals surface area contributed by atoms with Crippen LogP contribution in [0, 0.1) is 19.8 Å². The normalized spacial score (nSPS) is 12.5. The third-order valence-electron chi connectivity index (χ3n) is 7.05. The molecule has 1 N–H and O–H groups in total. The van der Waals surface area contributed by atoms with E-state index in [0.29, 0.717) is 28.4 Å². The van der Waals surface area contributed by atoms with Crippen molar-refractivity contribution < 1.29 is 14.3 Å². The summed E-state index contributed by atoms with van der Waals surface area (Å²) in [6.07, 6.45) is 4.76. The number of carbonyl (C=O) groups is 2. The first-order valence-electron chi connectivity index (χ1n) is 14.0. The molecule has 0 aliphatic carbocycles. The van der Waals surface area contributed by atoms with Crippen LogP contribution in [0.25, 0.3) is 11.4 Å². The van der Waals surface area contributed by atoms with Gasteiger partial charge in [-0.3, -0.25) is 4.79 Å². The maximum atomic E-state index is 13.2. The first kappa shape index (κ1) is 30.7. The van der Waals surface area contributed by atoms with E-state index in [0.717, 1.165) is 29.5 Å². The molecule has 2 aromatic heterocycles. The molecule has 8 heteroatoms. The summed E-state index contributed by atoms with van der Waals surface area (Å²) >= 11 is 1.39. The van der Waals surface area contributed by atoms with Crippen molar-refractivity contribution in [1.82, 2.24) is 19.7 Å². The Labute approximate surface area is 237 Å². The van der Waals surface area contributed by atoms with Gasteiger partial charge in [0.2, 0.25) is 0 Å². The molecule has 0 spiro atoms. The van der Waals surface area contributed by atoms with Crippen molar-refractivity contribution in [3.8, 4) is 11.4 Å². The van der Waals surface area contributed by atoms with Crippen LogP contribution >= 0.6 is 11.8 Å². The minimum atomic E-state index is -0.408. The number of aromatic amines is 1. The topological polar surface area (TPSA) is 89.9 Å².